The van der Waals surface area contributed by atoms with Crippen LogP contribution in [0.5, 0.6) is 0 Å². The SMILES string of the molecule is CC#CCC#C/C=C(\C)OC(=CCC)N[C@@H]1CC(C)[C@H](F)[C@H](C#N)C1. The van der Waals surface area contributed by atoms with Crippen molar-refractivity contribution < 1.29 is 9.13 Å². The van der Waals surface area contributed by atoms with Crippen LogP contribution in [0.2, 0.25) is 0 Å². The van der Waals surface area contributed by atoms with Gasteiger partial charge in [-0.3, -0.25) is 0 Å². The summed E-state index contributed by atoms with van der Waals surface area (Å²) in [4.78, 5) is 0. The lowest BCUT2D eigenvalue weighted by molar-refractivity contribution is 0.111. The Hall–Kier alpha value is -2.38. The summed E-state index contributed by atoms with van der Waals surface area (Å²) >= 11 is 0. The average Bonchev–Trinajstić information content (AvgIpc) is 2.58. The minimum Gasteiger partial charge on any atom is -0.446 e. The molecule has 1 N–H and O–H groups in total. The first-order valence-electron chi connectivity index (χ1n) is 8.74. The molecular formula is C21H27FN2O. The number of hydrogen-bond donors (Lipinski definition) is 1. The van der Waals surface area contributed by atoms with Gasteiger partial charge in [0.2, 0.25) is 0 Å². The zero-order valence-corrected chi connectivity index (χ0v) is 15.5. The minimum absolute atomic E-state index is 0.0307. The standard InChI is InChI=1S/C21H27FN2O/c1-5-7-8-9-10-12-17(4)25-20(11-6-2)24-19-13-16(3)21(22)18(14-19)15-23/h11-12,16,18-19,21,24H,6,8,13-14H2,1-4H3/b17-12+,20-11?/t16?,18-,19+,21-/m0/s1. The Morgan fingerprint density at radius 3 is 2.76 bits per heavy atom. The van der Waals surface area contributed by atoms with Gasteiger partial charge in [-0.05, 0) is 45.1 Å². The Labute approximate surface area is 151 Å². The smallest absolute Gasteiger partial charge is 0.189 e. The van der Waals surface area contributed by atoms with Crippen molar-refractivity contribution in [3.05, 3.63) is 23.8 Å². The normalized spacial score (nSPS) is 26.4. The molecule has 0 aliphatic heterocycles. The van der Waals surface area contributed by atoms with Crippen LogP contribution in [0.4, 0.5) is 4.39 Å². The second-order valence-electron chi connectivity index (χ2n) is 6.23. The van der Waals surface area contributed by atoms with Gasteiger partial charge in [0.15, 0.2) is 5.88 Å². The van der Waals surface area contributed by atoms with Gasteiger partial charge in [-0.1, -0.05) is 31.6 Å². The van der Waals surface area contributed by atoms with Gasteiger partial charge in [-0.2, -0.15) is 5.26 Å². The number of nitrogens with zero attached hydrogens (tertiary/aromatic N) is 1. The van der Waals surface area contributed by atoms with Crippen molar-refractivity contribution in [2.24, 2.45) is 11.8 Å². The number of rotatable bonds is 5. The third-order valence-electron chi connectivity index (χ3n) is 4.03. The maximum atomic E-state index is 14.0. The molecule has 4 atom stereocenters. The molecule has 1 saturated carbocycles. The third-order valence-corrected chi connectivity index (χ3v) is 4.03. The molecule has 1 aliphatic rings. The van der Waals surface area contributed by atoms with Crippen LogP contribution in [-0.2, 0) is 4.74 Å². The molecule has 0 aromatic carbocycles. The average molecular weight is 342 g/mol. The number of nitrogens with one attached hydrogen (secondary N) is 1. The van der Waals surface area contributed by atoms with Crippen LogP contribution in [0.3, 0.4) is 0 Å². The summed E-state index contributed by atoms with van der Waals surface area (Å²) in [5.74, 6) is 12.1. The summed E-state index contributed by atoms with van der Waals surface area (Å²) in [5, 5.41) is 12.5. The van der Waals surface area contributed by atoms with E-state index in [4.69, 9.17) is 10.00 Å². The first kappa shape index (κ1) is 20.7. The predicted molar refractivity (Wildman–Crippen MR) is 98.4 cm³/mol. The number of halogens is 1. The largest absolute Gasteiger partial charge is 0.446 e. The zero-order valence-electron chi connectivity index (χ0n) is 15.5. The predicted octanol–water partition coefficient (Wildman–Crippen LogP) is 4.44. The highest BCUT2D eigenvalue weighted by atomic mass is 19.1. The maximum Gasteiger partial charge on any atom is 0.189 e. The lowest BCUT2D eigenvalue weighted by Crippen LogP contribution is -2.42. The molecule has 3 nitrogen and oxygen atoms in total. The molecule has 0 spiro atoms. The number of alkyl halides is 1. The van der Waals surface area contributed by atoms with E-state index in [-0.39, 0.29) is 12.0 Å². The quantitative estimate of drug-likeness (QED) is 0.593. The highest BCUT2D eigenvalue weighted by Gasteiger charge is 2.36. The molecule has 0 aromatic rings. The summed E-state index contributed by atoms with van der Waals surface area (Å²) in [6, 6.07) is 2.12. The molecule has 25 heavy (non-hydrogen) atoms. The molecule has 1 rings (SSSR count). The zero-order chi connectivity index (χ0) is 18.7. The summed E-state index contributed by atoms with van der Waals surface area (Å²) in [5.41, 5.74) is 0. The summed E-state index contributed by atoms with van der Waals surface area (Å²) in [6.07, 6.45) is 5.12. The van der Waals surface area contributed by atoms with E-state index in [0.29, 0.717) is 30.9 Å². The van der Waals surface area contributed by atoms with Crippen LogP contribution in [0, 0.1) is 46.8 Å². The van der Waals surface area contributed by atoms with Crippen LogP contribution >= 0.6 is 0 Å². The molecule has 0 bridgehead atoms. The Balaban J connectivity index is 2.69. The van der Waals surface area contributed by atoms with Crippen molar-refractivity contribution >= 4 is 0 Å². The number of allylic oxidation sites excluding steroid dienone is 3. The lowest BCUT2D eigenvalue weighted by atomic mass is 9.78. The van der Waals surface area contributed by atoms with Crippen LogP contribution in [0.1, 0.15) is 53.4 Å². The van der Waals surface area contributed by atoms with E-state index in [0.717, 1.165) is 6.42 Å². The fourth-order valence-corrected chi connectivity index (χ4v) is 2.81. The van der Waals surface area contributed by atoms with Gasteiger partial charge in [0.25, 0.3) is 0 Å². The molecule has 0 heterocycles. The van der Waals surface area contributed by atoms with Crippen molar-refractivity contribution in [1.29, 1.82) is 5.26 Å². The molecule has 0 aromatic heterocycles. The van der Waals surface area contributed by atoms with Crippen LogP contribution in [0.25, 0.3) is 0 Å². The van der Waals surface area contributed by atoms with Gasteiger partial charge in [-0.25, -0.2) is 4.39 Å². The summed E-state index contributed by atoms with van der Waals surface area (Å²) < 4.78 is 19.8. The van der Waals surface area contributed by atoms with E-state index in [2.05, 4.69) is 35.1 Å². The first-order valence-corrected chi connectivity index (χ1v) is 8.74. The monoisotopic (exact) mass is 342 g/mol. The van der Waals surface area contributed by atoms with Crippen molar-refractivity contribution in [2.45, 2.75) is 65.6 Å². The molecule has 1 aliphatic carbocycles. The van der Waals surface area contributed by atoms with Gasteiger partial charge in [0, 0.05) is 12.1 Å². The van der Waals surface area contributed by atoms with Gasteiger partial charge < -0.3 is 10.1 Å². The second kappa shape index (κ2) is 11.2. The van der Waals surface area contributed by atoms with E-state index in [1.54, 1.807) is 13.0 Å². The topological polar surface area (TPSA) is 45.0 Å². The Kier molecular flexibility index (Phi) is 9.28. The molecule has 0 saturated heterocycles. The number of ether oxygens (including phenoxy) is 1. The van der Waals surface area contributed by atoms with Crippen molar-refractivity contribution in [2.75, 3.05) is 0 Å². The van der Waals surface area contributed by atoms with E-state index >= 15 is 0 Å². The summed E-state index contributed by atoms with van der Waals surface area (Å²) in [6.45, 7) is 7.50. The van der Waals surface area contributed by atoms with Gasteiger partial charge in [-0.15, -0.1) is 5.92 Å². The fourth-order valence-electron chi connectivity index (χ4n) is 2.81. The first-order chi connectivity index (χ1) is 12.0. The Morgan fingerprint density at radius 1 is 1.36 bits per heavy atom. The van der Waals surface area contributed by atoms with E-state index in [9.17, 15) is 4.39 Å². The van der Waals surface area contributed by atoms with Gasteiger partial charge in [0.1, 0.15) is 11.9 Å². The third kappa shape index (κ3) is 7.36. The van der Waals surface area contributed by atoms with Gasteiger partial charge >= 0.3 is 0 Å². The van der Waals surface area contributed by atoms with Crippen molar-refractivity contribution in [3.8, 4) is 29.8 Å². The van der Waals surface area contributed by atoms with E-state index in [1.807, 2.05) is 26.8 Å². The Morgan fingerprint density at radius 2 is 2.12 bits per heavy atom. The van der Waals surface area contributed by atoms with E-state index < -0.39 is 12.1 Å². The molecular weight excluding hydrogens is 315 g/mol. The van der Waals surface area contributed by atoms with Gasteiger partial charge in [0.05, 0.1) is 18.4 Å². The highest BCUT2D eigenvalue weighted by Crippen LogP contribution is 2.32. The lowest BCUT2D eigenvalue weighted by Gasteiger charge is -2.34. The second-order valence-corrected chi connectivity index (χ2v) is 6.23. The molecule has 4 heteroatoms. The molecule has 134 valence electrons. The molecule has 0 amide bonds. The van der Waals surface area contributed by atoms with Crippen LogP contribution in [0.15, 0.2) is 23.8 Å². The maximum absolute atomic E-state index is 14.0. The Bertz CT molecular complexity index is 651. The molecule has 0 radical (unpaired) electrons. The van der Waals surface area contributed by atoms with Crippen LogP contribution in [-0.4, -0.2) is 12.2 Å². The highest BCUT2D eigenvalue weighted by molar-refractivity contribution is 5.21. The molecule has 1 fully saturated rings. The van der Waals surface area contributed by atoms with Crippen molar-refractivity contribution in [3.63, 3.8) is 0 Å². The van der Waals surface area contributed by atoms with Crippen LogP contribution < -0.4 is 5.32 Å². The summed E-state index contributed by atoms with van der Waals surface area (Å²) in [7, 11) is 0. The van der Waals surface area contributed by atoms with E-state index in [1.165, 1.54) is 0 Å². The minimum atomic E-state index is -1.05. The molecule has 1 unspecified atom stereocenters. The number of hydrogen-bond acceptors (Lipinski definition) is 3. The fraction of sp³-hybridized carbons (Fsp3) is 0.571. The van der Waals surface area contributed by atoms with Crippen molar-refractivity contribution in [1.82, 2.24) is 5.32 Å². The number of nitriles is 1.